The molecule has 6 atom stereocenters. The smallest absolute Gasteiger partial charge is 0.236 e. The lowest BCUT2D eigenvalue weighted by Gasteiger charge is -2.39. The average Bonchev–Trinajstić information content (AvgIpc) is 2.98. The third-order valence-electron chi connectivity index (χ3n) is 7.97. The number of nitrogens with zero attached hydrogens (tertiary/aromatic N) is 2. The minimum Gasteiger partial charge on any atom is -0.500 e. The van der Waals surface area contributed by atoms with Gasteiger partial charge in [0.15, 0.2) is 11.7 Å². The molecule has 0 radical (unpaired) electrons. The van der Waals surface area contributed by atoms with Gasteiger partial charge >= 0.3 is 0 Å². The standard InChI is InChI=1S/C32H52N4O6/c1-9-11-17-36(28(39)18-23(4)30(22(3)10-2)35(7)29(40)20-33-6)32(42-8)24(5)31(41)34-26(27(38)21-37)19-25-15-13-12-14-16-25/h12-16,22-24,26,30,32-33,38H,9-11,17-20H2,1-8H3,(H,34,41). The Bertz CT molecular complexity index is 1030. The van der Waals surface area contributed by atoms with Crippen LogP contribution in [0.3, 0.4) is 0 Å². The summed E-state index contributed by atoms with van der Waals surface area (Å²) in [6.45, 7) is 10.4. The predicted octanol–water partition coefficient (Wildman–Crippen LogP) is 3.34. The van der Waals surface area contributed by atoms with Crippen molar-refractivity contribution in [3.05, 3.63) is 41.7 Å². The third kappa shape index (κ3) is 10.9. The summed E-state index contributed by atoms with van der Waals surface area (Å²) in [5.41, 5.74) is 0.823. The molecule has 0 aromatic heterocycles. The minimum atomic E-state index is -0.973. The van der Waals surface area contributed by atoms with E-state index in [0.29, 0.717) is 6.54 Å². The van der Waals surface area contributed by atoms with Crippen molar-refractivity contribution in [1.29, 1.82) is 0 Å². The molecular weight excluding hydrogens is 536 g/mol. The van der Waals surface area contributed by atoms with Crippen molar-refractivity contribution < 1.29 is 29.0 Å². The summed E-state index contributed by atoms with van der Waals surface area (Å²) >= 11 is 0. The highest BCUT2D eigenvalue weighted by molar-refractivity contribution is 5.82. The van der Waals surface area contributed by atoms with E-state index < -0.39 is 29.9 Å². The Morgan fingerprint density at radius 2 is 1.69 bits per heavy atom. The normalized spacial score (nSPS) is 15.3. The molecule has 0 spiro atoms. The molecule has 0 bridgehead atoms. The first-order chi connectivity index (χ1) is 20.0. The lowest BCUT2D eigenvalue weighted by Crippen LogP contribution is -2.53. The topological polar surface area (TPSA) is 128 Å². The maximum atomic E-state index is 13.8. The summed E-state index contributed by atoms with van der Waals surface area (Å²) in [5, 5.41) is 15.9. The van der Waals surface area contributed by atoms with E-state index in [-0.39, 0.29) is 49.1 Å². The van der Waals surface area contributed by atoms with Crippen LogP contribution in [-0.4, -0.2) is 91.2 Å². The summed E-state index contributed by atoms with van der Waals surface area (Å²) in [6.07, 6.45) is 1.91. The van der Waals surface area contributed by atoms with E-state index in [1.54, 1.807) is 30.8 Å². The zero-order valence-corrected chi connectivity index (χ0v) is 26.7. The SMILES string of the molecule is CCCCN(C(=O)CC(C)C(C(C)CC)N(C)C(=O)CNC)C(OC)C(C)C(=O)NC(Cc1ccccc1)C(O)=C=O. The Kier molecular flexibility index (Phi) is 16.7. The van der Waals surface area contributed by atoms with E-state index in [4.69, 9.17) is 4.74 Å². The number of hydrogen-bond donors (Lipinski definition) is 3. The zero-order valence-electron chi connectivity index (χ0n) is 26.7. The number of amides is 3. The fourth-order valence-electron chi connectivity index (χ4n) is 5.41. The average molecular weight is 589 g/mol. The maximum absolute atomic E-state index is 13.8. The molecule has 10 nitrogen and oxygen atoms in total. The van der Waals surface area contributed by atoms with Crippen LogP contribution in [0.5, 0.6) is 0 Å². The molecule has 0 saturated heterocycles. The van der Waals surface area contributed by atoms with Crippen molar-refractivity contribution in [3.63, 3.8) is 0 Å². The fourth-order valence-corrected chi connectivity index (χ4v) is 5.41. The highest BCUT2D eigenvalue weighted by Gasteiger charge is 2.36. The van der Waals surface area contributed by atoms with Gasteiger partial charge in [0, 0.05) is 39.6 Å². The highest BCUT2D eigenvalue weighted by Crippen LogP contribution is 2.26. The van der Waals surface area contributed by atoms with Crippen LogP contribution >= 0.6 is 0 Å². The number of carbonyl (C=O) groups excluding carboxylic acids is 4. The zero-order chi connectivity index (χ0) is 31.8. The van der Waals surface area contributed by atoms with Gasteiger partial charge in [-0.05, 0) is 37.8 Å². The molecule has 0 aliphatic heterocycles. The number of likely N-dealkylation sites (N-methyl/N-ethyl adjacent to an activating group) is 2. The van der Waals surface area contributed by atoms with Gasteiger partial charge in [-0.3, -0.25) is 14.4 Å². The van der Waals surface area contributed by atoms with Gasteiger partial charge in [0.2, 0.25) is 17.7 Å². The lowest BCUT2D eigenvalue weighted by molar-refractivity contribution is -0.155. The molecule has 1 rings (SSSR count). The van der Waals surface area contributed by atoms with Crippen molar-refractivity contribution >= 4 is 23.7 Å². The second kappa shape index (κ2) is 19.1. The number of carbonyl (C=O) groups is 3. The highest BCUT2D eigenvalue weighted by atomic mass is 16.5. The molecule has 0 aliphatic carbocycles. The van der Waals surface area contributed by atoms with Crippen molar-refractivity contribution in [2.24, 2.45) is 17.8 Å². The number of aliphatic hydroxyl groups is 1. The van der Waals surface area contributed by atoms with E-state index in [1.807, 2.05) is 44.2 Å². The molecule has 0 fully saturated rings. The molecule has 42 heavy (non-hydrogen) atoms. The van der Waals surface area contributed by atoms with Gasteiger partial charge in [0.25, 0.3) is 0 Å². The number of aliphatic hydroxyl groups excluding tert-OH is 1. The lowest BCUT2D eigenvalue weighted by atomic mass is 9.85. The van der Waals surface area contributed by atoms with E-state index in [1.165, 1.54) is 13.1 Å². The van der Waals surface area contributed by atoms with Crippen LogP contribution in [0.2, 0.25) is 0 Å². The second-order valence-electron chi connectivity index (χ2n) is 11.2. The van der Waals surface area contributed by atoms with E-state index in [0.717, 1.165) is 24.8 Å². The third-order valence-corrected chi connectivity index (χ3v) is 7.97. The van der Waals surface area contributed by atoms with Gasteiger partial charge in [-0.2, -0.15) is 0 Å². The Hall–Kier alpha value is -3.20. The minimum absolute atomic E-state index is 0.0392. The fraction of sp³-hybridized carbons (Fsp3) is 0.656. The van der Waals surface area contributed by atoms with Gasteiger partial charge in [-0.25, -0.2) is 4.79 Å². The summed E-state index contributed by atoms with van der Waals surface area (Å²) in [4.78, 5) is 54.6. The first kappa shape index (κ1) is 36.8. The predicted molar refractivity (Wildman–Crippen MR) is 164 cm³/mol. The number of unbranched alkanes of at least 4 members (excludes halogenated alkanes) is 1. The van der Waals surface area contributed by atoms with Gasteiger partial charge in [0.05, 0.1) is 12.5 Å². The van der Waals surface area contributed by atoms with Gasteiger partial charge < -0.3 is 30.3 Å². The molecule has 3 N–H and O–H groups in total. The number of benzene rings is 1. The van der Waals surface area contributed by atoms with Gasteiger partial charge in [-0.1, -0.05) is 70.9 Å². The number of hydrogen-bond acceptors (Lipinski definition) is 7. The van der Waals surface area contributed by atoms with Crippen molar-refractivity contribution in [2.45, 2.75) is 85.0 Å². The Labute approximate surface area is 251 Å². The van der Waals surface area contributed by atoms with Crippen LogP contribution in [0.25, 0.3) is 0 Å². The molecule has 1 aromatic carbocycles. The van der Waals surface area contributed by atoms with E-state index in [2.05, 4.69) is 24.5 Å². The van der Waals surface area contributed by atoms with Gasteiger partial charge in [-0.15, -0.1) is 0 Å². The monoisotopic (exact) mass is 588 g/mol. The quantitative estimate of drug-likeness (QED) is 0.128. The molecule has 1 aromatic rings. The number of ether oxygens (including phenoxy) is 1. The van der Waals surface area contributed by atoms with Crippen LogP contribution in [0, 0.1) is 17.8 Å². The van der Waals surface area contributed by atoms with Crippen molar-refractivity contribution in [1.82, 2.24) is 20.4 Å². The molecule has 0 saturated carbocycles. The first-order valence-electron chi connectivity index (χ1n) is 15.0. The summed E-state index contributed by atoms with van der Waals surface area (Å²) in [5.74, 6) is -0.569. The second-order valence-corrected chi connectivity index (χ2v) is 11.2. The maximum Gasteiger partial charge on any atom is 0.236 e. The molecule has 236 valence electrons. The molecule has 0 heterocycles. The Morgan fingerprint density at radius 1 is 1.05 bits per heavy atom. The summed E-state index contributed by atoms with van der Waals surface area (Å²) in [7, 11) is 4.97. The van der Waals surface area contributed by atoms with Crippen LogP contribution in [-0.2, 0) is 30.3 Å². The largest absolute Gasteiger partial charge is 0.500 e. The van der Waals surface area contributed by atoms with Crippen molar-refractivity contribution in [2.75, 3.05) is 34.3 Å². The summed E-state index contributed by atoms with van der Waals surface area (Å²) in [6, 6.07) is 8.06. The molecule has 0 aliphatic rings. The number of nitrogens with one attached hydrogen (secondary N) is 2. The number of methoxy groups -OCH3 is 1. The summed E-state index contributed by atoms with van der Waals surface area (Å²) < 4.78 is 5.75. The Morgan fingerprint density at radius 3 is 2.21 bits per heavy atom. The first-order valence-corrected chi connectivity index (χ1v) is 15.0. The van der Waals surface area contributed by atoms with Gasteiger partial charge in [0.1, 0.15) is 12.3 Å². The molecule has 6 unspecified atom stereocenters. The number of rotatable bonds is 19. The van der Waals surface area contributed by atoms with E-state index in [9.17, 15) is 24.3 Å². The van der Waals surface area contributed by atoms with E-state index >= 15 is 0 Å². The van der Waals surface area contributed by atoms with Crippen molar-refractivity contribution in [3.8, 4) is 0 Å². The van der Waals surface area contributed by atoms with Crippen LogP contribution < -0.4 is 10.6 Å². The van der Waals surface area contributed by atoms with Crippen LogP contribution in [0.15, 0.2) is 36.1 Å². The molecular formula is C32H52N4O6. The van der Waals surface area contributed by atoms with Crippen LogP contribution in [0.1, 0.15) is 65.9 Å². The van der Waals surface area contributed by atoms with Crippen LogP contribution in [0.4, 0.5) is 0 Å². The molecule has 3 amide bonds. The Balaban J connectivity index is 3.19. The molecule has 10 heteroatoms.